The second-order valence-corrected chi connectivity index (χ2v) is 6.74. The third-order valence-corrected chi connectivity index (χ3v) is 4.71. The number of esters is 1. The molecule has 7 heteroatoms. The third-order valence-electron chi connectivity index (χ3n) is 4.71. The van der Waals surface area contributed by atoms with Crippen LogP contribution in [0.4, 0.5) is 0 Å². The monoisotopic (exact) mass is 388 g/mol. The number of piperidine rings is 1. The molecule has 28 heavy (non-hydrogen) atoms. The fourth-order valence-electron chi connectivity index (χ4n) is 3.20. The van der Waals surface area contributed by atoms with Crippen LogP contribution in [0, 0.1) is 5.92 Å². The molecule has 2 rings (SSSR count). The molecule has 0 saturated carbocycles. The molecule has 7 nitrogen and oxygen atoms in total. The summed E-state index contributed by atoms with van der Waals surface area (Å²) in [7, 11) is 0. The van der Waals surface area contributed by atoms with Crippen molar-refractivity contribution >= 4 is 17.8 Å². The molecule has 0 spiro atoms. The zero-order valence-corrected chi connectivity index (χ0v) is 17.2. The molecule has 1 saturated heterocycles. The van der Waals surface area contributed by atoms with Crippen molar-refractivity contribution in [1.82, 2.24) is 15.5 Å². The minimum absolute atomic E-state index is 0.0131. The highest BCUT2D eigenvalue weighted by Crippen LogP contribution is 2.19. The van der Waals surface area contributed by atoms with Crippen molar-refractivity contribution in [2.45, 2.75) is 40.2 Å². The lowest BCUT2D eigenvalue weighted by atomic mass is 9.97. The first-order valence-electron chi connectivity index (χ1n) is 10.2. The van der Waals surface area contributed by atoms with E-state index in [0.717, 1.165) is 44.0 Å². The number of ether oxygens (including phenoxy) is 1. The van der Waals surface area contributed by atoms with E-state index in [2.05, 4.69) is 15.5 Å². The molecular weight excluding hydrogens is 356 g/mol. The molecule has 1 amide bonds. The average molecular weight is 389 g/mol. The minimum Gasteiger partial charge on any atom is -0.466 e. The van der Waals surface area contributed by atoms with Gasteiger partial charge in [0.15, 0.2) is 5.96 Å². The van der Waals surface area contributed by atoms with Crippen LogP contribution in [0.1, 0.15) is 49.5 Å². The van der Waals surface area contributed by atoms with E-state index < -0.39 is 0 Å². The summed E-state index contributed by atoms with van der Waals surface area (Å²) < 4.78 is 5.14. The summed E-state index contributed by atoms with van der Waals surface area (Å²) in [5.41, 5.74) is 1.70. The molecular formula is C21H32N4O3. The quantitative estimate of drug-likeness (QED) is 0.425. The second kappa shape index (κ2) is 11.3. The first kappa shape index (κ1) is 21.7. The Morgan fingerprint density at radius 3 is 2.29 bits per heavy atom. The van der Waals surface area contributed by atoms with Gasteiger partial charge in [0.25, 0.3) is 5.91 Å². The number of amides is 1. The number of carbonyl (C=O) groups excluding carboxylic acids is 2. The van der Waals surface area contributed by atoms with Gasteiger partial charge in [0.2, 0.25) is 0 Å². The Labute approximate surface area is 167 Å². The highest BCUT2D eigenvalue weighted by molar-refractivity contribution is 5.94. The summed E-state index contributed by atoms with van der Waals surface area (Å²) in [5, 5.41) is 6.13. The summed E-state index contributed by atoms with van der Waals surface area (Å²) in [4.78, 5) is 30.7. The van der Waals surface area contributed by atoms with Crippen LogP contribution >= 0.6 is 0 Å². The van der Waals surface area contributed by atoms with Gasteiger partial charge in [-0.2, -0.15) is 0 Å². The van der Waals surface area contributed by atoms with Crippen LogP contribution in [0.25, 0.3) is 0 Å². The summed E-state index contributed by atoms with van der Waals surface area (Å²) in [6.45, 7) is 9.72. The largest absolute Gasteiger partial charge is 0.466 e. The van der Waals surface area contributed by atoms with Gasteiger partial charge >= 0.3 is 5.97 Å². The van der Waals surface area contributed by atoms with Gasteiger partial charge in [0, 0.05) is 31.7 Å². The zero-order valence-electron chi connectivity index (χ0n) is 17.2. The van der Waals surface area contributed by atoms with E-state index in [1.807, 2.05) is 45.0 Å². The molecule has 1 aromatic rings. The van der Waals surface area contributed by atoms with Crippen molar-refractivity contribution in [2.24, 2.45) is 10.9 Å². The Kier molecular flexibility index (Phi) is 8.78. The van der Waals surface area contributed by atoms with E-state index in [1.54, 1.807) is 0 Å². The number of nitrogens with one attached hydrogen (secondary N) is 2. The predicted molar refractivity (Wildman–Crippen MR) is 110 cm³/mol. The maximum absolute atomic E-state index is 11.9. The van der Waals surface area contributed by atoms with E-state index in [1.165, 1.54) is 0 Å². The summed E-state index contributed by atoms with van der Waals surface area (Å²) in [5.74, 6) is 0.699. The van der Waals surface area contributed by atoms with Crippen molar-refractivity contribution in [2.75, 3.05) is 32.8 Å². The van der Waals surface area contributed by atoms with E-state index in [-0.39, 0.29) is 17.8 Å². The van der Waals surface area contributed by atoms with Gasteiger partial charge < -0.3 is 20.3 Å². The fraction of sp³-hybridized carbons (Fsp3) is 0.571. The van der Waals surface area contributed by atoms with Crippen molar-refractivity contribution in [3.63, 3.8) is 0 Å². The van der Waals surface area contributed by atoms with Gasteiger partial charge in [-0.05, 0) is 51.3 Å². The normalized spacial score (nSPS) is 15.2. The molecule has 2 N–H and O–H groups in total. The van der Waals surface area contributed by atoms with Crippen LogP contribution in [0.15, 0.2) is 29.3 Å². The predicted octanol–water partition coefficient (Wildman–Crippen LogP) is 2.18. The number of carbonyl (C=O) groups is 2. The molecule has 0 unspecified atom stereocenters. The third kappa shape index (κ3) is 6.25. The summed E-state index contributed by atoms with van der Waals surface area (Å²) >= 11 is 0. The minimum atomic E-state index is -0.0868. The summed E-state index contributed by atoms with van der Waals surface area (Å²) in [6.07, 6.45) is 1.56. The number of hydrogen-bond acceptors (Lipinski definition) is 4. The fourth-order valence-corrected chi connectivity index (χ4v) is 3.20. The van der Waals surface area contributed by atoms with Crippen LogP contribution < -0.4 is 10.6 Å². The molecule has 0 atom stereocenters. The Morgan fingerprint density at radius 2 is 1.71 bits per heavy atom. The highest BCUT2D eigenvalue weighted by atomic mass is 16.5. The number of rotatable bonds is 7. The van der Waals surface area contributed by atoms with Crippen molar-refractivity contribution in [3.05, 3.63) is 35.4 Å². The second-order valence-electron chi connectivity index (χ2n) is 6.74. The molecule has 154 valence electrons. The number of benzene rings is 1. The van der Waals surface area contributed by atoms with E-state index in [0.29, 0.717) is 25.3 Å². The SMILES string of the molecule is CCNC(=O)c1ccc(CN=C(NCC)N2CCC(C(=O)OCC)CC2)cc1. The number of guanidine groups is 1. The van der Waals surface area contributed by atoms with Crippen LogP contribution in [0.5, 0.6) is 0 Å². The first-order chi connectivity index (χ1) is 13.6. The van der Waals surface area contributed by atoms with Crippen LogP contribution in [-0.2, 0) is 16.1 Å². The molecule has 0 aromatic heterocycles. The smallest absolute Gasteiger partial charge is 0.309 e. The highest BCUT2D eigenvalue weighted by Gasteiger charge is 2.27. The molecule has 1 heterocycles. The van der Waals surface area contributed by atoms with E-state index in [4.69, 9.17) is 9.73 Å². The van der Waals surface area contributed by atoms with Crippen LogP contribution in [0.3, 0.4) is 0 Å². The maximum atomic E-state index is 11.9. The molecule has 0 aliphatic carbocycles. The van der Waals surface area contributed by atoms with Crippen molar-refractivity contribution in [1.29, 1.82) is 0 Å². The van der Waals surface area contributed by atoms with Crippen LogP contribution in [-0.4, -0.2) is 55.5 Å². The number of likely N-dealkylation sites (tertiary alicyclic amines) is 1. The first-order valence-corrected chi connectivity index (χ1v) is 10.2. The molecule has 1 fully saturated rings. The van der Waals surface area contributed by atoms with Crippen molar-refractivity contribution in [3.8, 4) is 0 Å². The van der Waals surface area contributed by atoms with Gasteiger partial charge in [0.1, 0.15) is 0 Å². The Morgan fingerprint density at radius 1 is 1.07 bits per heavy atom. The molecule has 1 aliphatic heterocycles. The van der Waals surface area contributed by atoms with E-state index >= 15 is 0 Å². The number of aliphatic imine (C=N–C) groups is 1. The topological polar surface area (TPSA) is 83.0 Å². The lowest BCUT2D eigenvalue weighted by molar-refractivity contribution is -0.149. The number of nitrogens with zero attached hydrogens (tertiary/aromatic N) is 2. The Bertz CT molecular complexity index is 665. The maximum Gasteiger partial charge on any atom is 0.309 e. The lowest BCUT2D eigenvalue weighted by Crippen LogP contribution is -2.46. The van der Waals surface area contributed by atoms with Gasteiger partial charge in [0.05, 0.1) is 19.1 Å². The van der Waals surface area contributed by atoms with Crippen molar-refractivity contribution < 1.29 is 14.3 Å². The van der Waals surface area contributed by atoms with Gasteiger partial charge in [-0.25, -0.2) is 4.99 Å². The Balaban J connectivity index is 1.95. The van der Waals surface area contributed by atoms with Gasteiger partial charge in [-0.1, -0.05) is 12.1 Å². The zero-order chi connectivity index (χ0) is 20.4. The molecule has 0 radical (unpaired) electrons. The van der Waals surface area contributed by atoms with Crippen LogP contribution in [0.2, 0.25) is 0 Å². The molecule has 1 aromatic carbocycles. The van der Waals surface area contributed by atoms with Gasteiger partial charge in [-0.3, -0.25) is 9.59 Å². The van der Waals surface area contributed by atoms with E-state index in [9.17, 15) is 9.59 Å². The summed E-state index contributed by atoms with van der Waals surface area (Å²) in [6, 6.07) is 7.52. The standard InChI is InChI=1S/C21H32N4O3/c1-4-22-19(26)17-9-7-16(8-10-17)15-24-21(23-5-2)25-13-11-18(12-14-25)20(27)28-6-3/h7-10,18H,4-6,11-15H2,1-3H3,(H,22,26)(H,23,24). The molecule has 0 bridgehead atoms. The lowest BCUT2D eigenvalue weighted by Gasteiger charge is -2.33. The van der Waals surface area contributed by atoms with Gasteiger partial charge in [-0.15, -0.1) is 0 Å². The Hall–Kier alpha value is -2.57. The molecule has 1 aliphatic rings. The average Bonchev–Trinajstić information content (AvgIpc) is 2.72. The number of hydrogen-bond donors (Lipinski definition) is 2.